The molecular formula is C13H28N2. The van der Waals surface area contributed by atoms with Gasteiger partial charge in [0.2, 0.25) is 0 Å². The maximum Gasteiger partial charge on any atom is 0.0104 e. The number of nitrogens with one attached hydrogen (secondary N) is 1. The van der Waals surface area contributed by atoms with Gasteiger partial charge in [-0.1, -0.05) is 33.6 Å². The Labute approximate surface area is 95.4 Å². The molecule has 0 heterocycles. The van der Waals surface area contributed by atoms with Crippen LogP contribution in [0.1, 0.15) is 46.5 Å². The third-order valence-electron chi connectivity index (χ3n) is 3.51. The van der Waals surface area contributed by atoms with Crippen LogP contribution < -0.4 is 5.32 Å². The minimum Gasteiger partial charge on any atom is -0.313 e. The summed E-state index contributed by atoms with van der Waals surface area (Å²) in [5.74, 6) is 0. The van der Waals surface area contributed by atoms with Crippen molar-refractivity contribution in [1.29, 1.82) is 0 Å². The molecule has 0 aromatic carbocycles. The fourth-order valence-electron chi connectivity index (χ4n) is 2.66. The number of rotatable bonds is 6. The lowest BCUT2D eigenvalue weighted by atomic mass is 9.88. The Morgan fingerprint density at radius 2 is 1.87 bits per heavy atom. The third-order valence-corrected chi connectivity index (χ3v) is 3.51. The first-order valence-corrected chi connectivity index (χ1v) is 6.44. The molecule has 0 bridgehead atoms. The third kappa shape index (κ3) is 4.98. The minimum absolute atomic E-state index is 0.604. The molecule has 90 valence electrons. The zero-order valence-corrected chi connectivity index (χ0v) is 11.0. The van der Waals surface area contributed by atoms with E-state index >= 15 is 0 Å². The maximum absolute atomic E-state index is 3.47. The minimum atomic E-state index is 0.604. The van der Waals surface area contributed by atoms with Gasteiger partial charge >= 0.3 is 0 Å². The first-order chi connectivity index (χ1) is 7.02. The lowest BCUT2D eigenvalue weighted by Crippen LogP contribution is -2.37. The Kier molecular flexibility index (Phi) is 5.07. The van der Waals surface area contributed by atoms with Crippen molar-refractivity contribution in [1.82, 2.24) is 10.2 Å². The summed E-state index contributed by atoms with van der Waals surface area (Å²) >= 11 is 0. The Morgan fingerprint density at radius 1 is 1.27 bits per heavy atom. The number of hydrogen-bond donors (Lipinski definition) is 1. The van der Waals surface area contributed by atoms with Crippen molar-refractivity contribution in [2.45, 2.75) is 52.5 Å². The van der Waals surface area contributed by atoms with E-state index in [0.717, 1.165) is 6.54 Å². The van der Waals surface area contributed by atoms with Crippen LogP contribution in [-0.4, -0.2) is 37.6 Å². The van der Waals surface area contributed by atoms with Gasteiger partial charge in [-0.25, -0.2) is 0 Å². The van der Waals surface area contributed by atoms with Gasteiger partial charge in [-0.2, -0.15) is 0 Å². The standard InChI is InChI=1S/C13H28N2/c1-12(2)14-9-10-15(4)11-13(3)7-5-6-8-13/h12,14H,5-11H2,1-4H3. The summed E-state index contributed by atoms with van der Waals surface area (Å²) in [4.78, 5) is 2.49. The van der Waals surface area contributed by atoms with Gasteiger partial charge in [0.25, 0.3) is 0 Å². The smallest absolute Gasteiger partial charge is 0.0104 e. The van der Waals surface area contributed by atoms with Crippen LogP contribution >= 0.6 is 0 Å². The summed E-state index contributed by atoms with van der Waals surface area (Å²) in [7, 11) is 2.26. The fourth-order valence-corrected chi connectivity index (χ4v) is 2.66. The Bertz CT molecular complexity index is 171. The van der Waals surface area contributed by atoms with E-state index < -0.39 is 0 Å². The zero-order chi connectivity index (χ0) is 11.3. The largest absolute Gasteiger partial charge is 0.313 e. The normalized spacial score (nSPS) is 20.4. The Balaban J connectivity index is 2.14. The van der Waals surface area contributed by atoms with Gasteiger partial charge < -0.3 is 10.2 Å². The molecule has 1 aliphatic rings. The van der Waals surface area contributed by atoms with Crippen LogP contribution in [0.5, 0.6) is 0 Å². The summed E-state index contributed by atoms with van der Waals surface area (Å²) < 4.78 is 0. The van der Waals surface area contributed by atoms with E-state index in [1.165, 1.54) is 38.8 Å². The summed E-state index contributed by atoms with van der Waals surface area (Å²) in [6.07, 6.45) is 5.73. The fraction of sp³-hybridized carbons (Fsp3) is 1.00. The molecule has 0 amide bonds. The number of nitrogens with zero attached hydrogens (tertiary/aromatic N) is 1. The molecule has 1 aliphatic carbocycles. The number of likely N-dealkylation sites (N-methyl/N-ethyl adjacent to an activating group) is 1. The van der Waals surface area contributed by atoms with E-state index in [4.69, 9.17) is 0 Å². The van der Waals surface area contributed by atoms with Crippen molar-refractivity contribution in [2.24, 2.45) is 5.41 Å². The highest BCUT2D eigenvalue weighted by atomic mass is 15.1. The highest BCUT2D eigenvalue weighted by Crippen LogP contribution is 2.37. The predicted octanol–water partition coefficient (Wildman–Crippen LogP) is 2.50. The first kappa shape index (κ1) is 13.0. The van der Waals surface area contributed by atoms with Crippen molar-refractivity contribution in [2.75, 3.05) is 26.7 Å². The molecule has 0 radical (unpaired) electrons. The van der Waals surface area contributed by atoms with E-state index in [0.29, 0.717) is 11.5 Å². The molecule has 0 aliphatic heterocycles. The van der Waals surface area contributed by atoms with Crippen LogP contribution in [0, 0.1) is 5.41 Å². The van der Waals surface area contributed by atoms with Gasteiger partial charge in [0, 0.05) is 25.7 Å². The summed E-state index contributed by atoms with van der Waals surface area (Å²) in [5.41, 5.74) is 0.604. The monoisotopic (exact) mass is 212 g/mol. The van der Waals surface area contributed by atoms with Gasteiger partial charge in [-0.15, -0.1) is 0 Å². The van der Waals surface area contributed by atoms with Gasteiger partial charge in [-0.05, 0) is 25.3 Å². The average molecular weight is 212 g/mol. The van der Waals surface area contributed by atoms with Crippen LogP contribution in [0.15, 0.2) is 0 Å². The van der Waals surface area contributed by atoms with Crippen molar-refractivity contribution >= 4 is 0 Å². The molecule has 0 aromatic heterocycles. The van der Waals surface area contributed by atoms with E-state index in [-0.39, 0.29) is 0 Å². The van der Waals surface area contributed by atoms with Crippen molar-refractivity contribution in [3.05, 3.63) is 0 Å². The molecule has 1 saturated carbocycles. The van der Waals surface area contributed by atoms with Gasteiger partial charge in [0.15, 0.2) is 0 Å². The highest BCUT2D eigenvalue weighted by Gasteiger charge is 2.29. The first-order valence-electron chi connectivity index (χ1n) is 6.44. The summed E-state index contributed by atoms with van der Waals surface area (Å²) in [6, 6.07) is 0.612. The molecule has 0 unspecified atom stereocenters. The summed E-state index contributed by atoms with van der Waals surface area (Å²) in [5, 5.41) is 3.47. The number of hydrogen-bond acceptors (Lipinski definition) is 2. The van der Waals surface area contributed by atoms with Crippen LogP contribution in [0.3, 0.4) is 0 Å². The topological polar surface area (TPSA) is 15.3 Å². The second-order valence-electron chi connectivity index (χ2n) is 5.86. The molecule has 0 spiro atoms. The van der Waals surface area contributed by atoms with Gasteiger partial charge in [-0.3, -0.25) is 0 Å². The molecule has 1 rings (SSSR count). The molecule has 0 saturated heterocycles. The van der Waals surface area contributed by atoms with Crippen LogP contribution in [0.25, 0.3) is 0 Å². The van der Waals surface area contributed by atoms with Crippen molar-refractivity contribution in [3.8, 4) is 0 Å². The maximum atomic E-state index is 3.47. The molecule has 1 N–H and O–H groups in total. The van der Waals surface area contributed by atoms with Crippen LogP contribution in [0.4, 0.5) is 0 Å². The second kappa shape index (κ2) is 5.86. The molecule has 15 heavy (non-hydrogen) atoms. The molecule has 2 heteroatoms. The quantitative estimate of drug-likeness (QED) is 0.728. The van der Waals surface area contributed by atoms with E-state index in [1.807, 2.05) is 0 Å². The Morgan fingerprint density at radius 3 is 2.40 bits per heavy atom. The van der Waals surface area contributed by atoms with Crippen LogP contribution in [-0.2, 0) is 0 Å². The highest BCUT2D eigenvalue weighted by molar-refractivity contribution is 4.82. The predicted molar refractivity (Wildman–Crippen MR) is 67.2 cm³/mol. The SMILES string of the molecule is CC(C)NCCN(C)CC1(C)CCCC1. The summed E-state index contributed by atoms with van der Waals surface area (Å²) in [6.45, 7) is 10.4. The van der Waals surface area contributed by atoms with Crippen LogP contribution in [0.2, 0.25) is 0 Å². The molecule has 1 fully saturated rings. The lowest BCUT2D eigenvalue weighted by Gasteiger charge is -2.30. The average Bonchev–Trinajstić information content (AvgIpc) is 2.50. The Hall–Kier alpha value is -0.0800. The lowest BCUT2D eigenvalue weighted by molar-refractivity contribution is 0.196. The van der Waals surface area contributed by atoms with Gasteiger partial charge in [0.05, 0.1) is 0 Å². The van der Waals surface area contributed by atoms with Crippen molar-refractivity contribution in [3.63, 3.8) is 0 Å². The second-order valence-corrected chi connectivity index (χ2v) is 5.86. The van der Waals surface area contributed by atoms with Gasteiger partial charge in [0.1, 0.15) is 0 Å². The molecular weight excluding hydrogens is 184 g/mol. The molecule has 0 atom stereocenters. The molecule has 0 aromatic rings. The zero-order valence-electron chi connectivity index (χ0n) is 11.0. The molecule has 2 nitrogen and oxygen atoms in total. The van der Waals surface area contributed by atoms with E-state index in [2.05, 4.69) is 38.0 Å². The van der Waals surface area contributed by atoms with E-state index in [1.54, 1.807) is 0 Å². The van der Waals surface area contributed by atoms with Crippen molar-refractivity contribution < 1.29 is 0 Å². The van der Waals surface area contributed by atoms with E-state index in [9.17, 15) is 0 Å².